The molecule has 0 N–H and O–H groups in total. The van der Waals surface area contributed by atoms with Crippen LogP contribution in [-0.4, -0.2) is 130 Å². The van der Waals surface area contributed by atoms with Crippen molar-refractivity contribution in [3.05, 3.63) is 0 Å². The predicted molar refractivity (Wildman–Crippen MR) is 264 cm³/mol. The first kappa shape index (κ1) is 55.4. The Hall–Kier alpha value is -2.91. The van der Waals surface area contributed by atoms with E-state index in [1.54, 1.807) is 4.90 Å². The average molecular weight is 989 g/mol. The van der Waals surface area contributed by atoms with Crippen molar-refractivity contribution in [2.45, 2.75) is 179 Å². The Balaban J connectivity index is 0.969. The normalized spacial score (nSPS) is 28.7. The summed E-state index contributed by atoms with van der Waals surface area (Å²) in [6.45, 7) is 1.03. The van der Waals surface area contributed by atoms with Crippen LogP contribution in [0.25, 0.3) is 0 Å². The lowest BCUT2D eigenvalue weighted by molar-refractivity contribution is -0.171. The zero-order valence-corrected chi connectivity index (χ0v) is 43.4. The van der Waals surface area contributed by atoms with Gasteiger partial charge in [0.25, 0.3) is 5.24 Å². The monoisotopic (exact) mass is 989 g/mol. The number of hydrogen-bond acceptors (Lipinski definition) is 14. The first-order valence-electron chi connectivity index (χ1n) is 27.4. The van der Waals surface area contributed by atoms with Crippen LogP contribution in [0.15, 0.2) is 0 Å². The highest BCUT2D eigenvalue weighted by Gasteiger charge is 2.39. The number of amides is 1. The van der Waals surface area contributed by atoms with Gasteiger partial charge in [0.2, 0.25) is 0 Å². The summed E-state index contributed by atoms with van der Waals surface area (Å²) in [7, 11) is 5.49. The van der Waals surface area contributed by atoms with Gasteiger partial charge in [-0.05, 0) is 133 Å². The van der Waals surface area contributed by atoms with Crippen molar-refractivity contribution in [1.29, 1.82) is 0 Å². The second-order valence-electron chi connectivity index (χ2n) is 22.0. The van der Waals surface area contributed by atoms with Gasteiger partial charge in [-0.1, -0.05) is 88.8 Å². The van der Waals surface area contributed by atoms with E-state index in [0.717, 1.165) is 89.5 Å². The lowest BCUT2D eigenvalue weighted by Crippen LogP contribution is -2.37. The summed E-state index contributed by atoms with van der Waals surface area (Å²) in [6, 6.07) is 0. The van der Waals surface area contributed by atoms with Crippen LogP contribution in [-0.2, 0) is 52.4 Å². The fourth-order valence-electron chi connectivity index (χ4n) is 12.8. The number of ether oxygens (including phenoxy) is 6. The number of thioether (sulfide) groups is 1. The lowest BCUT2D eigenvalue weighted by Gasteiger charge is -2.38. The van der Waals surface area contributed by atoms with E-state index < -0.39 is 24.1 Å². The van der Waals surface area contributed by atoms with Crippen molar-refractivity contribution in [3.63, 3.8) is 0 Å². The van der Waals surface area contributed by atoms with Crippen molar-refractivity contribution in [2.75, 3.05) is 73.0 Å². The Morgan fingerprint density at radius 3 is 1.23 bits per heavy atom. The summed E-state index contributed by atoms with van der Waals surface area (Å²) in [5.74, 6) is 2.23. The van der Waals surface area contributed by atoms with Gasteiger partial charge < -0.3 is 38.2 Å². The average Bonchev–Trinajstić information content (AvgIpc) is 3.36. The molecule has 15 heteroatoms. The van der Waals surface area contributed by atoms with E-state index >= 15 is 0 Å². The number of fused-ring (bicyclic) bond motifs is 3. The van der Waals surface area contributed by atoms with Crippen molar-refractivity contribution in [1.82, 2.24) is 9.80 Å². The Labute approximate surface area is 417 Å². The highest BCUT2D eigenvalue weighted by molar-refractivity contribution is 8.13. The third kappa shape index (κ3) is 18.6. The molecule has 69 heavy (non-hydrogen) atoms. The van der Waals surface area contributed by atoms with E-state index in [4.69, 9.17) is 28.4 Å². The highest BCUT2D eigenvalue weighted by atomic mass is 32.2. The Morgan fingerprint density at radius 2 is 0.855 bits per heavy atom. The standard InChI is InChI=1S/C54H88N2O12S/c1-55(2)27-12-30-69-54(62)56(28-10-19-49(57)67-47(34-63-3)35-64-51(59)44-24-21-38-13-4-7-16-41(38)31-44)29-11-20-50(58)68-48(36-65-52(60)45-25-22-39-14-5-8-17-42(39)32-45)37-66-53(61)46-26-23-40-15-6-9-18-43(40)33-46/h38-48H,4-37H2,1-3H3. The smallest absolute Gasteiger partial charge is 0.309 e. The summed E-state index contributed by atoms with van der Waals surface area (Å²) in [4.78, 5) is 83.7. The van der Waals surface area contributed by atoms with Gasteiger partial charge in [0.15, 0.2) is 12.2 Å². The van der Waals surface area contributed by atoms with Gasteiger partial charge in [0, 0.05) is 38.8 Å². The molecule has 0 aromatic rings. The highest BCUT2D eigenvalue weighted by Crippen LogP contribution is 2.45. The molecule has 0 heterocycles. The third-order valence-electron chi connectivity index (χ3n) is 16.7. The van der Waals surface area contributed by atoms with Gasteiger partial charge in [0.05, 0.1) is 24.4 Å². The predicted octanol–water partition coefficient (Wildman–Crippen LogP) is 9.57. The Bertz CT molecular complexity index is 1580. The first-order valence-corrected chi connectivity index (χ1v) is 28.4. The topological polar surface area (TPSA) is 164 Å². The van der Waals surface area contributed by atoms with Crippen molar-refractivity contribution in [2.24, 2.45) is 53.3 Å². The van der Waals surface area contributed by atoms with Gasteiger partial charge in [-0.2, -0.15) is 0 Å². The summed E-state index contributed by atoms with van der Waals surface area (Å²) >= 11 is 1.22. The largest absolute Gasteiger partial charge is 0.461 e. The molecular formula is C54H88N2O12S. The number of carbonyl (C=O) groups is 6. The van der Waals surface area contributed by atoms with E-state index in [1.165, 1.54) is 83.1 Å². The van der Waals surface area contributed by atoms with Crippen molar-refractivity contribution < 1.29 is 57.2 Å². The summed E-state index contributed by atoms with van der Waals surface area (Å²) in [5, 5.41) is -0.136. The summed E-state index contributed by atoms with van der Waals surface area (Å²) < 4.78 is 34.3. The molecule has 0 saturated heterocycles. The van der Waals surface area contributed by atoms with Crippen molar-refractivity contribution >= 4 is 46.8 Å². The van der Waals surface area contributed by atoms with Gasteiger partial charge >= 0.3 is 29.8 Å². The van der Waals surface area contributed by atoms with Crippen LogP contribution >= 0.6 is 11.8 Å². The first-order chi connectivity index (χ1) is 33.4. The molecule has 6 aliphatic carbocycles. The summed E-state index contributed by atoms with van der Waals surface area (Å²) in [6.07, 6.45) is 22.7. The number of rotatable bonds is 25. The molecule has 0 aliphatic heterocycles. The molecule has 0 radical (unpaired) electrons. The van der Waals surface area contributed by atoms with Gasteiger partial charge in [-0.15, -0.1) is 0 Å². The minimum Gasteiger partial charge on any atom is -0.461 e. The van der Waals surface area contributed by atoms with E-state index in [1.807, 2.05) is 14.1 Å². The molecule has 6 saturated carbocycles. The maximum absolute atomic E-state index is 13.5. The maximum atomic E-state index is 13.5. The van der Waals surface area contributed by atoms with Crippen LogP contribution in [0.3, 0.4) is 0 Å². The van der Waals surface area contributed by atoms with E-state index in [9.17, 15) is 28.8 Å². The summed E-state index contributed by atoms with van der Waals surface area (Å²) in [5.41, 5.74) is 0. The number of methoxy groups -OCH3 is 1. The maximum Gasteiger partial charge on any atom is 0.309 e. The van der Waals surface area contributed by atoms with Crippen LogP contribution in [0.2, 0.25) is 0 Å². The van der Waals surface area contributed by atoms with E-state index in [2.05, 4.69) is 4.90 Å². The number of hydrogen-bond donors (Lipinski definition) is 0. The van der Waals surface area contributed by atoms with E-state index in [-0.39, 0.29) is 93.3 Å². The quantitative estimate of drug-likeness (QED) is 0.0482. The molecule has 0 spiro atoms. The third-order valence-corrected chi connectivity index (χ3v) is 17.7. The van der Waals surface area contributed by atoms with Gasteiger partial charge in [-0.25, -0.2) is 0 Å². The molecule has 10 unspecified atom stereocenters. The number of carbonyl (C=O) groups excluding carboxylic acids is 6. The molecule has 6 fully saturated rings. The van der Waals surface area contributed by atoms with Crippen LogP contribution in [0.4, 0.5) is 4.79 Å². The van der Waals surface area contributed by atoms with Crippen molar-refractivity contribution in [3.8, 4) is 0 Å². The minimum absolute atomic E-state index is 0.00753. The fourth-order valence-corrected chi connectivity index (χ4v) is 13.6. The number of esters is 5. The molecule has 14 nitrogen and oxygen atoms in total. The van der Waals surface area contributed by atoms with Gasteiger partial charge in [-0.3, -0.25) is 28.8 Å². The lowest BCUT2D eigenvalue weighted by atomic mass is 9.67. The number of nitrogens with zero attached hydrogens (tertiary/aromatic N) is 2. The van der Waals surface area contributed by atoms with Gasteiger partial charge in [0.1, 0.15) is 19.8 Å². The molecule has 10 atom stereocenters. The van der Waals surface area contributed by atoms with Crippen LogP contribution in [0.1, 0.15) is 167 Å². The Morgan fingerprint density at radius 1 is 0.478 bits per heavy atom. The van der Waals surface area contributed by atoms with E-state index in [0.29, 0.717) is 48.2 Å². The molecular weight excluding hydrogens is 901 g/mol. The molecule has 6 rings (SSSR count). The van der Waals surface area contributed by atoms with Crippen LogP contribution < -0.4 is 0 Å². The second kappa shape index (κ2) is 29.6. The SMILES string of the molecule is COCC(COC(=O)C1CCC2CCCCC2C1)OC(=O)CCCN(CCCC(=O)OC(COC(=O)C1CCC2CCCCC2C1)COC(=O)C1CCC2CCCCC2C1)C(=O)SCCCN(C)C. The van der Waals surface area contributed by atoms with Crippen LogP contribution in [0.5, 0.6) is 0 Å². The molecule has 6 aliphatic rings. The molecule has 0 bridgehead atoms. The second-order valence-corrected chi connectivity index (χ2v) is 23.0. The molecule has 392 valence electrons. The zero-order chi connectivity index (χ0) is 49.0. The minimum atomic E-state index is -0.944. The molecule has 0 aromatic heterocycles. The Kier molecular flexibility index (Phi) is 23.7. The zero-order valence-electron chi connectivity index (χ0n) is 42.6. The fraction of sp³-hybridized carbons (Fsp3) is 0.889. The molecule has 1 amide bonds. The molecule has 0 aromatic carbocycles. The van der Waals surface area contributed by atoms with Crippen LogP contribution in [0, 0.1) is 53.3 Å².